The van der Waals surface area contributed by atoms with Crippen LogP contribution in [0, 0.1) is 0 Å². The van der Waals surface area contributed by atoms with Crippen LogP contribution in [0.1, 0.15) is 10.4 Å². The molecule has 0 atom stereocenters. The summed E-state index contributed by atoms with van der Waals surface area (Å²) in [6.07, 6.45) is 2.63. The lowest BCUT2D eigenvalue weighted by Crippen LogP contribution is -1.91. The first-order chi connectivity index (χ1) is 7.71. The van der Waals surface area contributed by atoms with Gasteiger partial charge in [-0.05, 0) is 6.07 Å². The summed E-state index contributed by atoms with van der Waals surface area (Å²) in [5, 5.41) is 0.871. The molecular weight excluding hydrogens is 206 g/mol. The number of ether oxygens (including phenoxy) is 2. The SMILES string of the molecule is COc1cc2c(C=O)cn(C)c2cc1OC. The van der Waals surface area contributed by atoms with Crippen molar-refractivity contribution in [2.45, 2.75) is 0 Å². The molecule has 4 nitrogen and oxygen atoms in total. The topological polar surface area (TPSA) is 40.5 Å². The minimum absolute atomic E-state index is 0.629. The van der Waals surface area contributed by atoms with E-state index in [9.17, 15) is 4.79 Å². The second-order valence-electron chi connectivity index (χ2n) is 3.54. The van der Waals surface area contributed by atoms with E-state index in [0.29, 0.717) is 17.1 Å². The molecule has 2 rings (SSSR count). The van der Waals surface area contributed by atoms with Crippen LogP contribution in [0.2, 0.25) is 0 Å². The second-order valence-corrected chi connectivity index (χ2v) is 3.54. The van der Waals surface area contributed by atoms with E-state index >= 15 is 0 Å². The number of benzene rings is 1. The van der Waals surface area contributed by atoms with Crippen LogP contribution in [0.5, 0.6) is 11.5 Å². The van der Waals surface area contributed by atoms with Crippen molar-refractivity contribution < 1.29 is 14.3 Å². The van der Waals surface area contributed by atoms with Gasteiger partial charge < -0.3 is 14.0 Å². The molecule has 1 heterocycles. The molecule has 0 N–H and O–H groups in total. The van der Waals surface area contributed by atoms with Gasteiger partial charge in [0, 0.05) is 30.3 Å². The van der Waals surface area contributed by atoms with Gasteiger partial charge in [0.05, 0.1) is 19.7 Å². The molecule has 1 aromatic heterocycles. The lowest BCUT2D eigenvalue weighted by Gasteiger charge is -2.08. The number of nitrogens with zero attached hydrogens (tertiary/aromatic N) is 1. The Morgan fingerprint density at radius 1 is 1.19 bits per heavy atom. The Kier molecular flexibility index (Phi) is 2.56. The number of methoxy groups -OCH3 is 2. The van der Waals surface area contributed by atoms with Gasteiger partial charge in [-0.1, -0.05) is 0 Å². The number of rotatable bonds is 3. The predicted octanol–water partition coefficient (Wildman–Crippen LogP) is 2.01. The highest BCUT2D eigenvalue weighted by atomic mass is 16.5. The summed E-state index contributed by atoms with van der Waals surface area (Å²) in [6, 6.07) is 3.68. The summed E-state index contributed by atoms with van der Waals surface area (Å²) in [5.41, 5.74) is 1.60. The third-order valence-corrected chi connectivity index (χ3v) is 2.65. The summed E-state index contributed by atoms with van der Waals surface area (Å²) >= 11 is 0. The highest BCUT2D eigenvalue weighted by Crippen LogP contribution is 2.33. The average Bonchev–Trinajstić information content (AvgIpc) is 2.63. The second kappa shape index (κ2) is 3.89. The number of aryl methyl sites for hydroxylation is 1. The normalized spacial score (nSPS) is 10.4. The van der Waals surface area contributed by atoms with Crippen molar-refractivity contribution in [1.29, 1.82) is 0 Å². The summed E-state index contributed by atoms with van der Waals surface area (Å²) in [6.45, 7) is 0. The Balaban J connectivity index is 2.79. The Morgan fingerprint density at radius 3 is 2.38 bits per heavy atom. The Hall–Kier alpha value is -1.97. The largest absolute Gasteiger partial charge is 0.493 e. The van der Waals surface area contributed by atoms with Crippen LogP contribution in [-0.4, -0.2) is 25.1 Å². The fourth-order valence-corrected chi connectivity index (χ4v) is 1.83. The molecule has 4 heteroatoms. The van der Waals surface area contributed by atoms with Gasteiger partial charge in [0.15, 0.2) is 17.8 Å². The first kappa shape index (κ1) is 10.5. The molecule has 2 aromatic rings. The van der Waals surface area contributed by atoms with Crippen LogP contribution in [0.4, 0.5) is 0 Å². The molecule has 0 aliphatic carbocycles. The van der Waals surface area contributed by atoms with E-state index in [2.05, 4.69) is 0 Å². The highest BCUT2D eigenvalue weighted by Gasteiger charge is 2.11. The van der Waals surface area contributed by atoms with Crippen molar-refractivity contribution in [2.24, 2.45) is 7.05 Å². The highest BCUT2D eigenvalue weighted by molar-refractivity contribution is 5.99. The van der Waals surface area contributed by atoms with Gasteiger partial charge in [-0.25, -0.2) is 0 Å². The number of fused-ring (bicyclic) bond motifs is 1. The maximum Gasteiger partial charge on any atom is 0.162 e. The first-order valence-corrected chi connectivity index (χ1v) is 4.87. The van der Waals surface area contributed by atoms with Crippen LogP contribution in [0.25, 0.3) is 10.9 Å². The van der Waals surface area contributed by atoms with Crippen molar-refractivity contribution >= 4 is 17.2 Å². The standard InChI is InChI=1S/C12H13NO3/c1-13-6-8(7-14)9-4-11(15-2)12(16-3)5-10(9)13/h4-7H,1-3H3. The van der Waals surface area contributed by atoms with Crippen molar-refractivity contribution in [3.8, 4) is 11.5 Å². The van der Waals surface area contributed by atoms with E-state index in [1.54, 1.807) is 20.4 Å². The number of hydrogen-bond acceptors (Lipinski definition) is 3. The van der Waals surface area contributed by atoms with E-state index in [0.717, 1.165) is 17.2 Å². The number of aldehydes is 1. The third-order valence-electron chi connectivity index (χ3n) is 2.65. The van der Waals surface area contributed by atoms with Gasteiger partial charge in [0.25, 0.3) is 0 Å². The van der Waals surface area contributed by atoms with Gasteiger partial charge in [-0.2, -0.15) is 0 Å². The van der Waals surface area contributed by atoms with Crippen LogP contribution in [0.15, 0.2) is 18.3 Å². The summed E-state index contributed by atoms with van der Waals surface area (Å²) in [4.78, 5) is 10.9. The van der Waals surface area contributed by atoms with Gasteiger partial charge in [0.2, 0.25) is 0 Å². The van der Waals surface area contributed by atoms with Gasteiger partial charge in [-0.3, -0.25) is 4.79 Å². The number of carbonyl (C=O) groups excluding carboxylic acids is 1. The molecule has 84 valence electrons. The molecule has 0 unspecified atom stereocenters. The number of aromatic nitrogens is 1. The van der Waals surface area contributed by atoms with Crippen LogP contribution in [-0.2, 0) is 7.05 Å². The zero-order chi connectivity index (χ0) is 11.7. The summed E-state index contributed by atoms with van der Waals surface area (Å²) in [7, 11) is 5.06. The Bertz CT molecular complexity index is 543. The Morgan fingerprint density at radius 2 is 1.81 bits per heavy atom. The van der Waals surface area contributed by atoms with E-state index in [1.807, 2.05) is 23.7 Å². The molecule has 0 spiro atoms. The molecule has 16 heavy (non-hydrogen) atoms. The fourth-order valence-electron chi connectivity index (χ4n) is 1.83. The summed E-state index contributed by atoms with van der Waals surface area (Å²) < 4.78 is 12.3. The van der Waals surface area contributed by atoms with Crippen LogP contribution in [0.3, 0.4) is 0 Å². The van der Waals surface area contributed by atoms with Crippen molar-refractivity contribution in [2.75, 3.05) is 14.2 Å². The Labute approximate surface area is 93.4 Å². The number of hydrogen-bond donors (Lipinski definition) is 0. The number of carbonyl (C=O) groups is 1. The fraction of sp³-hybridized carbons (Fsp3) is 0.250. The van der Waals surface area contributed by atoms with E-state index < -0.39 is 0 Å². The molecule has 0 aliphatic rings. The van der Waals surface area contributed by atoms with Crippen LogP contribution < -0.4 is 9.47 Å². The molecule has 0 saturated carbocycles. The molecule has 0 saturated heterocycles. The van der Waals surface area contributed by atoms with Gasteiger partial charge >= 0.3 is 0 Å². The molecular formula is C12H13NO3. The minimum atomic E-state index is 0.629. The molecule has 0 fully saturated rings. The van der Waals surface area contributed by atoms with Crippen LogP contribution >= 0.6 is 0 Å². The van der Waals surface area contributed by atoms with Crippen molar-refractivity contribution in [3.05, 3.63) is 23.9 Å². The maximum absolute atomic E-state index is 10.9. The van der Waals surface area contributed by atoms with Crippen molar-refractivity contribution in [1.82, 2.24) is 4.57 Å². The zero-order valence-corrected chi connectivity index (χ0v) is 9.48. The minimum Gasteiger partial charge on any atom is -0.493 e. The predicted molar refractivity (Wildman–Crippen MR) is 61.4 cm³/mol. The molecule has 0 bridgehead atoms. The molecule has 0 aliphatic heterocycles. The summed E-state index contributed by atoms with van der Waals surface area (Å²) in [5.74, 6) is 1.29. The van der Waals surface area contributed by atoms with E-state index in [4.69, 9.17) is 9.47 Å². The monoisotopic (exact) mass is 219 g/mol. The molecule has 0 amide bonds. The average molecular weight is 219 g/mol. The lowest BCUT2D eigenvalue weighted by molar-refractivity contribution is 0.112. The molecule has 1 aromatic carbocycles. The maximum atomic E-state index is 10.9. The van der Waals surface area contributed by atoms with Gasteiger partial charge in [0.1, 0.15) is 0 Å². The van der Waals surface area contributed by atoms with E-state index in [1.165, 1.54) is 0 Å². The van der Waals surface area contributed by atoms with E-state index in [-0.39, 0.29) is 0 Å². The smallest absolute Gasteiger partial charge is 0.162 e. The quantitative estimate of drug-likeness (QED) is 0.741. The third kappa shape index (κ3) is 1.43. The van der Waals surface area contributed by atoms with Crippen molar-refractivity contribution in [3.63, 3.8) is 0 Å². The molecule has 0 radical (unpaired) electrons. The van der Waals surface area contributed by atoms with Gasteiger partial charge in [-0.15, -0.1) is 0 Å². The lowest BCUT2D eigenvalue weighted by atomic mass is 10.1. The zero-order valence-electron chi connectivity index (χ0n) is 9.48. The first-order valence-electron chi connectivity index (χ1n) is 4.87.